The molecule has 2 aromatic rings. The number of imide groups is 1. The number of carbonyl (C=O) groups is 2. The molecule has 2 heterocycles. The normalized spacial score (nSPS) is 19.5. The number of piperidine rings is 1. The third kappa shape index (κ3) is 2.05. The molecule has 0 radical (unpaired) electrons. The number of nitrogens with zero attached hydrogens (tertiary/aromatic N) is 2. The van der Waals surface area contributed by atoms with Gasteiger partial charge in [0.15, 0.2) is 0 Å². The number of aromatic nitrogens is 2. The summed E-state index contributed by atoms with van der Waals surface area (Å²) in [6.45, 7) is 0. The van der Waals surface area contributed by atoms with E-state index < -0.39 is 0 Å². The monoisotopic (exact) mass is 258 g/mol. The molecule has 2 N–H and O–H groups in total. The lowest BCUT2D eigenvalue weighted by Crippen LogP contribution is -2.47. The van der Waals surface area contributed by atoms with Crippen molar-refractivity contribution in [2.45, 2.75) is 18.9 Å². The lowest BCUT2D eigenvalue weighted by atomic mass is 10.1. The third-order valence-corrected chi connectivity index (χ3v) is 3.32. The number of carbonyl (C=O) groups excluding carboxylic acids is 2. The van der Waals surface area contributed by atoms with Crippen LogP contribution in [0.15, 0.2) is 24.5 Å². The van der Waals surface area contributed by atoms with Crippen molar-refractivity contribution in [2.75, 3.05) is 5.32 Å². The van der Waals surface area contributed by atoms with Crippen LogP contribution in [-0.4, -0.2) is 27.4 Å². The average Bonchev–Trinajstić information content (AvgIpc) is 2.76. The molecule has 1 unspecified atom stereocenters. The number of nitrogens with one attached hydrogen (secondary N) is 2. The fourth-order valence-corrected chi connectivity index (χ4v) is 2.29. The van der Waals surface area contributed by atoms with E-state index in [2.05, 4.69) is 15.6 Å². The Labute approximate surface area is 109 Å². The van der Waals surface area contributed by atoms with E-state index >= 15 is 0 Å². The molecule has 0 bridgehead atoms. The topological polar surface area (TPSA) is 76.0 Å². The second kappa shape index (κ2) is 4.38. The Morgan fingerprint density at radius 3 is 3.05 bits per heavy atom. The average molecular weight is 258 g/mol. The molecule has 6 heteroatoms. The van der Waals surface area contributed by atoms with Crippen LogP contribution in [0.2, 0.25) is 0 Å². The van der Waals surface area contributed by atoms with E-state index in [-0.39, 0.29) is 17.9 Å². The van der Waals surface area contributed by atoms with E-state index in [0.717, 1.165) is 16.7 Å². The molecule has 1 aromatic heterocycles. The smallest absolute Gasteiger partial charge is 0.249 e. The van der Waals surface area contributed by atoms with Crippen molar-refractivity contribution >= 4 is 28.5 Å². The van der Waals surface area contributed by atoms with Gasteiger partial charge in [-0.05, 0) is 18.6 Å². The fourth-order valence-electron chi connectivity index (χ4n) is 2.29. The molecule has 2 amide bonds. The third-order valence-electron chi connectivity index (χ3n) is 3.32. The minimum atomic E-state index is -0.384. The zero-order valence-electron chi connectivity index (χ0n) is 10.5. The predicted molar refractivity (Wildman–Crippen MR) is 70.5 cm³/mol. The van der Waals surface area contributed by atoms with Crippen molar-refractivity contribution in [1.82, 2.24) is 14.9 Å². The minimum Gasteiger partial charge on any atom is -0.372 e. The maximum absolute atomic E-state index is 11.7. The van der Waals surface area contributed by atoms with Crippen LogP contribution in [0.4, 0.5) is 5.69 Å². The van der Waals surface area contributed by atoms with Crippen LogP contribution in [-0.2, 0) is 16.6 Å². The number of benzene rings is 1. The lowest BCUT2D eigenvalue weighted by molar-refractivity contribution is -0.133. The van der Waals surface area contributed by atoms with Gasteiger partial charge in [0.2, 0.25) is 11.8 Å². The van der Waals surface area contributed by atoms with E-state index in [1.165, 1.54) is 0 Å². The van der Waals surface area contributed by atoms with Crippen LogP contribution >= 0.6 is 0 Å². The van der Waals surface area contributed by atoms with Gasteiger partial charge in [-0.15, -0.1) is 0 Å². The number of hydrogen-bond donors (Lipinski definition) is 2. The molecule has 1 aromatic carbocycles. The van der Waals surface area contributed by atoms with Crippen LogP contribution in [0.1, 0.15) is 12.8 Å². The van der Waals surface area contributed by atoms with Gasteiger partial charge in [0.05, 0.1) is 17.5 Å². The quantitative estimate of drug-likeness (QED) is 0.781. The molecule has 0 aliphatic carbocycles. The summed E-state index contributed by atoms with van der Waals surface area (Å²) in [5.74, 6) is -0.483. The molecular weight excluding hydrogens is 244 g/mol. The molecule has 1 atom stereocenters. The van der Waals surface area contributed by atoms with Crippen LogP contribution < -0.4 is 10.6 Å². The van der Waals surface area contributed by atoms with Crippen molar-refractivity contribution in [3.8, 4) is 0 Å². The van der Waals surface area contributed by atoms with Crippen molar-refractivity contribution in [3.63, 3.8) is 0 Å². The highest BCUT2D eigenvalue weighted by atomic mass is 16.2. The van der Waals surface area contributed by atoms with Gasteiger partial charge >= 0.3 is 0 Å². The predicted octanol–water partition coefficient (Wildman–Crippen LogP) is 0.790. The molecular formula is C13H14N4O2. The van der Waals surface area contributed by atoms with E-state index in [0.29, 0.717) is 12.8 Å². The lowest BCUT2D eigenvalue weighted by Gasteiger charge is -2.22. The van der Waals surface area contributed by atoms with Gasteiger partial charge in [-0.2, -0.15) is 0 Å². The number of rotatable bonds is 2. The zero-order valence-corrected chi connectivity index (χ0v) is 10.5. The van der Waals surface area contributed by atoms with Crippen LogP contribution in [0.5, 0.6) is 0 Å². The summed E-state index contributed by atoms with van der Waals surface area (Å²) < 4.78 is 1.92. The Bertz CT molecular complexity index is 662. The Balaban J connectivity index is 1.89. The number of aryl methyl sites for hydroxylation is 1. The molecule has 1 aliphatic rings. The maximum atomic E-state index is 11.7. The first kappa shape index (κ1) is 11.7. The Hall–Kier alpha value is -2.37. The SMILES string of the molecule is Cn1cnc2c(NC3CCC(=O)NC3=O)cccc21. The van der Waals surface area contributed by atoms with Crippen LogP contribution in [0.25, 0.3) is 11.0 Å². The molecule has 0 saturated carbocycles. The first-order valence-corrected chi connectivity index (χ1v) is 6.15. The summed E-state index contributed by atoms with van der Waals surface area (Å²) in [6, 6.07) is 5.39. The molecule has 0 spiro atoms. The van der Waals surface area contributed by atoms with Crippen molar-refractivity contribution in [1.29, 1.82) is 0 Å². The largest absolute Gasteiger partial charge is 0.372 e. The summed E-state index contributed by atoms with van der Waals surface area (Å²) >= 11 is 0. The molecule has 1 saturated heterocycles. The van der Waals surface area contributed by atoms with Gasteiger partial charge in [0.25, 0.3) is 0 Å². The van der Waals surface area contributed by atoms with Crippen LogP contribution in [0, 0.1) is 0 Å². The number of para-hydroxylation sites is 1. The summed E-state index contributed by atoms with van der Waals surface area (Å²) in [4.78, 5) is 27.2. The number of anilines is 1. The summed E-state index contributed by atoms with van der Waals surface area (Å²) in [5, 5.41) is 5.50. The van der Waals surface area contributed by atoms with Crippen molar-refractivity contribution in [3.05, 3.63) is 24.5 Å². The van der Waals surface area contributed by atoms with Crippen LogP contribution in [0.3, 0.4) is 0 Å². The highest BCUT2D eigenvalue weighted by Gasteiger charge is 2.26. The van der Waals surface area contributed by atoms with Gasteiger partial charge in [-0.25, -0.2) is 4.98 Å². The number of imidazole rings is 1. The van der Waals surface area contributed by atoms with E-state index in [9.17, 15) is 9.59 Å². The van der Waals surface area contributed by atoms with Gasteiger partial charge < -0.3 is 9.88 Å². The second-order valence-electron chi connectivity index (χ2n) is 4.68. The summed E-state index contributed by atoms with van der Waals surface area (Å²) in [7, 11) is 1.92. The van der Waals surface area contributed by atoms with Crippen molar-refractivity contribution < 1.29 is 9.59 Å². The fraction of sp³-hybridized carbons (Fsp3) is 0.308. The Morgan fingerprint density at radius 2 is 2.26 bits per heavy atom. The van der Waals surface area contributed by atoms with E-state index in [1.807, 2.05) is 29.8 Å². The molecule has 6 nitrogen and oxygen atoms in total. The molecule has 1 aliphatic heterocycles. The highest BCUT2D eigenvalue weighted by Crippen LogP contribution is 2.23. The van der Waals surface area contributed by atoms with Crippen molar-refractivity contribution in [2.24, 2.45) is 7.05 Å². The molecule has 19 heavy (non-hydrogen) atoms. The first-order valence-electron chi connectivity index (χ1n) is 6.15. The Morgan fingerprint density at radius 1 is 1.42 bits per heavy atom. The van der Waals surface area contributed by atoms with Gasteiger partial charge in [0.1, 0.15) is 11.6 Å². The number of amides is 2. The zero-order chi connectivity index (χ0) is 13.4. The van der Waals surface area contributed by atoms with Gasteiger partial charge in [-0.3, -0.25) is 14.9 Å². The van der Waals surface area contributed by atoms with E-state index in [4.69, 9.17) is 0 Å². The summed E-state index contributed by atoms with van der Waals surface area (Å²) in [5.41, 5.74) is 2.64. The molecule has 3 rings (SSSR count). The Kier molecular flexibility index (Phi) is 2.70. The number of fused-ring (bicyclic) bond motifs is 1. The molecule has 1 fully saturated rings. The standard InChI is InChI=1S/C13H14N4O2/c1-17-7-14-12-8(3-2-4-10(12)17)15-9-5-6-11(18)16-13(9)19/h2-4,7,9,15H,5-6H2,1H3,(H,16,18,19). The van der Waals surface area contributed by atoms with Gasteiger partial charge in [0, 0.05) is 13.5 Å². The second-order valence-corrected chi connectivity index (χ2v) is 4.68. The minimum absolute atomic E-state index is 0.209. The highest BCUT2D eigenvalue weighted by molar-refractivity contribution is 6.02. The maximum Gasteiger partial charge on any atom is 0.249 e. The summed E-state index contributed by atoms with van der Waals surface area (Å²) in [6.07, 6.45) is 2.61. The van der Waals surface area contributed by atoms with Gasteiger partial charge in [-0.1, -0.05) is 6.07 Å². The van der Waals surface area contributed by atoms with E-state index in [1.54, 1.807) is 6.33 Å². The first-order chi connectivity index (χ1) is 9.15. The number of hydrogen-bond acceptors (Lipinski definition) is 4. The molecule has 98 valence electrons.